The van der Waals surface area contributed by atoms with Crippen molar-refractivity contribution in [1.82, 2.24) is 5.01 Å². The Morgan fingerprint density at radius 1 is 1.36 bits per heavy atom. The van der Waals surface area contributed by atoms with Crippen LogP contribution in [0, 0.1) is 29.1 Å². The van der Waals surface area contributed by atoms with E-state index in [-0.39, 0.29) is 11.9 Å². The van der Waals surface area contributed by atoms with Crippen molar-refractivity contribution in [3.63, 3.8) is 0 Å². The van der Waals surface area contributed by atoms with Gasteiger partial charge < -0.3 is 0 Å². The summed E-state index contributed by atoms with van der Waals surface area (Å²) in [6.45, 7) is 6.53. The molecule has 0 saturated heterocycles. The Morgan fingerprint density at radius 3 is 2.84 bits per heavy atom. The summed E-state index contributed by atoms with van der Waals surface area (Å²) >= 11 is 0. The van der Waals surface area contributed by atoms with Gasteiger partial charge in [0.25, 0.3) is 0 Å². The number of rotatable bonds is 3. The molecule has 0 radical (unpaired) electrons. The molecule has 4 heteroatoms. The third kappa shape index (κ3) is 3.51. The van der Waals surface area contributed by atoms with E-state index in [4.69, 9.17) is 10.4 Å². The number of nitriles is 1. The first kappa shape index (κ1) is 17.4. The number of halogens is 1. The van der Waals surface area contributed by atoms with Crippen molar-refractivity contribution in [1.29, 1.82) is 5.26 Å². The third-order valence-corrected chi connectivity index (χ3v) is 5.49. The second-order valence-electron chi connectivity index (χ2n) is 7.06. The van der Waals surface area contributed by atoms with Crippen molar-refractivity contribution < 1.29 is 4.39 Å². The molecule has 0 N–H and O–H groups in total. The first-order valence-corrected chi connectivity index (χ1v) is 8.87. The molecule has 2 aliphatic carbocycles. The van der Waals surface area contributed by atoms with Crippen LogP contribution >= 0.6 is 0 Å². The molecule has 0 amide bonds. The fraction of sp³-hybridized carbons (Fsp3) is 0.429. The maximum atomic E-state index is 13.3. The van der Waals surface area contributed by atoms with Crippen LogP contribution in [0.3, 0.4) is 0 Å². The van der Waals surface area contributed by atoms with E-state index >= 15 is 0 Å². The molecule has 25 heavy (non-hydrogen) atoms. The first-order valence-electron chi connectivity index (χ1n) is 8.87. The smallest absolute Gasteiger partial charge is 0.118 e. The van der Waals surface area contributed by atoms with Gasteiger partial charge in [0.15, 0.2) is 0 Å². The summed E-state index contributed by atoms with van der Waals surface area (Å²) in [6.07, 6.45) is 14.5. The summed E-state index contributed by atoms with van der Waals surface area (Å²) in [7, 11) is 0. The third-order valence-electron chi connectivity index (χ3n) is 5.49. The van der Waals surface area contributed by atoms with Gasteiger partial charge in [0, 0.05) is 23.7 Å². The minimum absolute atomic E-state index is 0.134. The maximum absolute atomic E-state index is 13.3. The zero-order valence-corrected chi connectivity index (χ0v) is 15.0. The number of hydrogen-bond acceptors (Lipinski definition) is 3. The Morgan fingerprint density at radius 2 is 2.16 bits per heavy atom. The zero-order chi connectivity index (χ0) is 18.0. The molecule has 1 aliphatic heterocycles. The SMILES string of the molecule is CC1=NN(C2=CC=C(C#N)C=CC2)C(C)C1C(C)C1C=CC(F)=CC1. The van der Waals surface area contributed by atoms with E-state index in [0.717, 1.165) is 24.3 Å². The van der Waals surface area contributed by atoms with Crippen molar-refractivity contribution in [3.05, 3.63) is 59.6 Å². The molecule has 4 unspecified atom stereocenters. The van der Waals surface area contributed by atoms with Crippen LogP contribution in [0.4, 0.5) is 4.39 Å². The predicted octanol–water partition coefficient (Wildman–Crippen LogP) is 5.04. The fourth-order valence-electron chi connectivity index (χ4n) is 4.10. The van der Waals surface area contributed by atoms with Gasteiger partial charge in [0.2, 0.25) is 0 Å². The highest BCUT2D eigenvalue weighted by Gasteiger charge is 2.39. The first-order chi connectivity index (χ1) is 12.0. The lowest BCUT2D eigenvalue weighted by Gasteiger charge is -2.33. The van der Waals surface area contributed by atoms with Gasteiger partial charge in [0.05, 0.1) is 17.7 Å². The van der Waals surface area contributed by atoms with Crippen LogP contribution in [-0.2, 0) is 0 Å². The van der Waals surface area contributed by atoms with Crippen molar-refractivity contribution >= 4 is 5.71 Å². The lowest BCUT2D eigenvalue weighted by molar-refractivity contribution is 0.213. The Bertz CT molecular complexity index is 761. The van der Waals surface area contributed by atoms with Crippen molar-refractivity contribution in [2.45, 2.75) is 39.7 Å². The van der Waals surface area contributed by atoms with Crippen LogP contribution in [0.1, 0.15) is 33.6 Å². The fourth-order valence-corrected chi connectivity index (χ4v) is 4.10. The molecule has 0 aromatic rings. The summed E-state index contributed by atoms with van der Waals surface area (Å²) in [5, 5.41) is 16.0. The molecule has 0 aromatic carbocycles. The van der Waals surface area contributed by atoms with Crippen molar-refractivity contribution in [2.24, 2.45) is 22.9 Å². The summed E-state index contributed by atoms with van der Waals surface area (Å²) in [6, 6.07) is 2.43. The summed E-state index contributed by atoms with van der Waals surface area (Å²) in [4.78, 5) is 0. The predicted molar refractivity (Wildman–Crippen MR) is 99.0 cm³/mol. The zero-order valence-electron chi connectivity index (χ0n) is 15.0. The quantitative estimate of drug-likeness (QED) is 0.723. The van der Waals surface area contributed by atoms with E-state index in [2.05, 4.69) is 31.8 Å². The topological polar surface area (TPSA) is 39.4 Å². The Hall–Kier alpha value is -2.41. The van der Waals surface area contributed by atoms with E-state index in [1.165, 1.54) is 0 Å². The van der Waals surface area contributed by atoms with E-state index in [1.54, 1.807) is 12.2 Å². The lowest BCUT2D eigenvalue weighted by atomic mass is 9.75. The normalized spacial score (nSPS) is 30.0. The van der Waals surface area contributed by atoms with Gasteiger partial charge in [-0.3, -0.25) is 5.01 Å². The standard InChI is InChI=1S/C21H24FN3/c1-14(18-8-10-19(22)11-9-18)21-15(2)24-25(16(21)3)20-6-4-5-17(13-23)7-12-20/h4-5,7-8,10-12,14,16,18,21H,6,9H2,1-3H3. The van der Waals surface area contributed by atoms with Crippen molar-refractivity contribution in [2.75, 3.05) is 0 Å². The molecule has 0 fully saturated rings. The van der Waals surface area contributed by atoms with Gasteiger partial charge in [-0.15, -0.1) is 0 Å². The molecular weight excluding hydrogens is 313 g/mol. The molecule has 3 rings (SSSR count). The van der Waals surface area contributed by atoms with Crippen LogP contribution in [0.5, 0.6) is 0 Å². The highest BCUT2D eigenvalue weighted by Crippen LogP contribution is 2.38. The molecule has 4 atom stereocenters. The Kier molecular flexibility index (Phi) is 5.03. The Balaban J connectivity index is 1.78. The molecule has 130 valence electrons. The van der Waals surface area contributed by atoms with Gasteiger partial charge in [-0.2, -0.15) is 10.4 Å². The van der Waals surface area contributed by atoms with Crippen LogP contribution in [0.2, 0.25) is 0 Å². The van der Waals surface area contributed by atoms with Crippen LogP contribution in [0.25, 0.3) is 0 Å². The Labute approximate surface area is 149 Å². The number of hydrazone groups is 1. The molecule has 0 spiro atoms. The molecule has 0 aromatic heterocycles. The molecule has 3 aliphatic rings. The minimum atomic E-state index is -0.134. The highest BCUT2D eigenvalue weighted by molar-refractivity contribution is 5.86. The number of allylic oxidation sites excluding steroid dienone is 9. The number of hydrogen-bond donors (Lipinski definition) is 0. The van der Waals surface area contributed by atoms with Gasteiger partial charge in [0.1, 0.15) is 5.83 Å². The van der Waals surface area contributed by atoms with Gasteiger partial charge in [-0.25, -0.2) is 4.39 Å². The molecule has 1 heterocycles. The maximum Gasteiger partial charge on any atom is 0.118 e. The van der Waals surface area contributed by atoms with E-state index < -0.39 is 0 Å². The lowest BCUT2D eigenvalue weighted by Crippen LogP contribution is -2.36. The summed E-state index contributed by atoms with van der Waals surface area (Å²) < 4.78 is 13.3. The van der Waals surface area contributed by atoms with Gasteiger partial charge >= 0.3 is 0 Å². The van der Waals surface area contributed by atoms with Gasteiger partial charge in [-0.05, 0) is 62.5 Å². The van der Waals surface area contributed by atoms with Crippen LogP contribution < -0.4 is 0 Å². The van der Waals surface area contributed by atoms with Crippen LogP contribution in [-0.4, -0.2) is 16.8 Å². The molecular formula is C21H24FN3. The van der Waals surface area contributed by atoms with E-state index in [9.17, 15) is 4.39 Å². The molecule has 0 saturated carbocycles. The molecule has 0 bridgehead atoms. The minimum Gasteiger partial charge on any atom is -0.266 e. The number of nitrogens with zero attached hydrogens (tertiary/aromatic N) is 3. The second-order valence-corrected chi connectivity index (χ2v) is 7.06. The molecule has 3 nitrogen and oxygen atoms in total. The van der Waals surface area contributed by atoms with Crippen molar-refractivity contribution in [3.8, 4) is 6.07 Å². The summed E-state index contributed by atoms with van der Waals surface area (Å²) in [5.41, 5.74) is 2.89. The average Bonchev–Trinajstić information content (AvgIpc) is 2.78. The highest BCUT2D eigenvalue weighted by atomic mass is 19.1. The largest absolute Gasteiger partial charge is 0.266 e. The van der Waals surface area contributed by atoms with Gasteiger partial charge in [-0.1, -0.05) is 19.1 Å². The monoisotopic (exact) mass is 337 g/mol. The van der Waals surface area contributed by atoms with Crippen LogP contribution in [0.15, 0.2) is 64.7 Å². The van der Waals surface area contributed by atoms with E-state index in [1.807, 2.05) is 30.4 Å². The average molecular weight is 337 g/mol. The summed E-state index contributed by atoms with van der Waals surface area (Å²) in [5.74, 6) is 0.920. The second kappa shape index (κ2) is 7.23. The van der Waals surface area contributed by atoms with E-state index in [0.29, 0.717) is 23.3 Å².